The summed E-state index contributed by atoms with van der Waals surface area (Å²) in [6, 6.07) is 10.8. The highest BCUT2D eigenvalue weighted by Crippen LogP contribution is 2.37. The number of halogens is 2. The highest BCUT2D eigenvalue weighted by Gasteiger charge is 2.36. The largest absolute Gasteiger partial charge is 0.333 e. The second kappa shape index (κ2) is 8.48. The molecule has 0 aromatic heterocycles. The van der Waals surface area contributed by atoms with Crippen LogP contribution in [0.4, 0.5) is 13.6 Å². The normalized spacial score (nSPS) is 18.6. The van der Waals surface area contributed by atoms with Gasteiger partial charge in [-0.2, -0.15) is 0 Å². The molecule has 2 aromatic carbocycles. The monoisotopic (exact) mass is 373 g/mol. The number of fused-ring (bicyclic) bond motifs is 1. The zero-order chi connectivity index (χ0) is 19.4. The quantitative estimate of drug-likeness (QED) is 0.829. The van der Waals surface area contributed by atoms with E-state index in [1.807, 2.05) is 29.2 Å². The summed E-state index contributed by atoms with van der Waals surface area (Å²) in [4.78, 5) is 16.6. The van der Waals surface area contributed by atoms with Crippen molar-refractivity contribution in [1.29, 1.82) is 0 Å². The molecule has 144 valence electrons. The van der Waals surface area contributed by atoms with Gasteiger partial charge in [0, 0.05) is 31.3 Å². The average molecular weight is 373 g/mol. The van der Waals surface area contributed by atoms with Crippen LogP contribution in [0.3, 0.4) is 0 Å². The molecule has 0 aliphatic carbocycles. The molecule has 0 saturated carbocycles. The SMILES string of the molecule is CN.O=C(N1CCCC1)N1CCc2ccccc2C1c1ccc(F)cc1F. The Balaban J connectivity index is 0.00000102. The van der Waals surface area contributed by atoms with Crippen LogP contribution < -0.4 is 5.73 Å². The molecule has 2 N–H and O–H groups in total. The van der Waals surface area contributed by atoms with Crippen molar-refractivity contribution in [1.82, 2.24) is 9.80 Å². The third-order valence-corrected chi connectivity index (χ3v) is 5.16. The van der Waals surface area contributed by atoms with Gasteiger partial charge in [0.15, 0.2) is 0 Å². The van der Waals surface area contributed by atoms with Gasteiger partial charge in [-0.3, -0.25) is 0 Å². The van der Waals surface area contributed by atoms with Gasteiger partial charge in [-0.1, -0.05) is 30.3 Å². The van der Waals surface area contributed by atoms with E-state index in [0.717, 1.165) is 49.5 Å². The van der Waals surface area contributed by atoms with Crippen molar-refractivity contribution in [2.75, 3.05) is 26.7 Å². The smallest absolute Gasteiger partial charge is 0.320 e. The number of benzene rings is 2. The first-order valence-corrected chi connectivity index (χ1v) is 9.31. The maximum absolute atomic E-state index is 14.6. The topological polar surface area (TPSA) is 49.6 Å². The summed E-state index contributed by atoms with van der Waals surface area (Å²) in [7, 11) is 1.50. The Hall–Kier alpha value is -2.47. The Bertz CT molecular complexity index is 806. The lowest BCUT2D eigenvalue weighted by Crippen LogP contribution is -2.47. The number of urea groups is 1. The maximum atomic E-state index is 14.6. The van der Waals surface area contributed by atoms with Crippen LogP contribution in [0, 0.1) is 11.6 Å². The minimum absolute atomic E-state index is 0.0549. The number of rotatable bonds is 1. The third kappa shape index (κ3) is 3.81. The zero-order valence-electron chi connectivity index (χ0n) is 15.5. The highest BCUT2D eigenvalue weighted by molar-refractivity contribution is 5.76. The van der Waals surface area contributed by atoms with Crippen molar-refractivity contribution in [2.45, 2.75) is 25.3 Å². The number of amides is 2. The molecule has 2 amide bonds. The Morgan fingerprint density at radius 3 is 2.41 bits per heavy atom. The fourth-order valence-corrected chi connectivity index (χ4v) is 3.92. The van der Waals surface area contributed by atoms with Gasteiger partial charge in [0.1, 0.15) is 11.6 Å². The van der Waals surface area contributed by atoms with Gasteiger partial charge >= 0.3 is 6.03 Å². The second-order valence-corrected chi connectivity index (χ2v) is 6.69. The summed E-state index contributed by atoms with van der Waals surface area (Å²) in [6.07, 6.45) is 2.76. The van der Waals surface area contributed by atoms with E-state index in [-0.39, 0.29) is 6.03 Å². The second-order valence-electron chi connectivity index (χ2n) is 6.69. The van der Waals surface area contributed by atoms with Crippen LogP contribution >= 0.6 is 0 Å². The summed E-state index contributed by atoms with van der Waals surface area (Å²) < 4.78 is 27.9. The number of likely N-dealkylation sites (tertiary alicyclic amines) is 1. The lowest BCUT2D eigenvalue weighted by atomic mass is 9.88. The van der Waals surface area contributed by atoms with E-state index in [4.69, 9.17) is 0 Å². The predicted octanol–water partition coefficient (Wildman–Crippen LogP) is 3.70. The fourth-order valence-electron chi connectivity index (χ4n) is 3.92. The van der Waals surface area contributed by atoms with Crippen molar-refractivity contribution < 1.29 is 13.6 Å². The summed E-state index contributed by atoms with van der Waals surface area (Å²) in [5.74, 6) is -1.22. The minimum atomic E-state index is -0.610. The first kappa shape index (κ1) is 19.3. The van der Waals surface area contributed by atoms with Crippen LogP contribution in [-0.2, 0) is 6.42 Å². The number of hydrogen-bond donors (Lipinski definition) is 1. The number of carbonyl (C=O) groups is 1. The van der Waals surface area contributed by atoms with Crippen molar-refractivity contribution >= 4 is 6.03 Å². The molecular formula is C21H25F2N3O. The molecule has 1 unspecified atom stereocenters. The molecule has 1 fully saturated rings. The van der Waals surface area contributed by atoms with E-state index >= 15 is 0 Å². The number of nitrogens with two attached hydrogens (primary N) is 1. The molecule has 1 saturated heterocycles. The Morgan fingerprint density at radius 2 is 1.70 bits per heavy atom. The van der Waals surface area contributed by atoms with Gasteiger partial charge in [-0.15, -0.1) is 0 Å². The molecular weight excluding hydrogens is 348 g/mol. The Kier molecular flexibility index (Phi) is 6.06. The number of hydrogen-bond acceptors (Lipinski definition) is 2. The summed E-state index contributed by atoms with van der Waals surface area (Å²) >= 11 is 0. The molecule has 27 heavy (non-hydrogen) atoms. The first-order valence-electron chi connectivity index (χ1n) is 9.31. The van der Waals surface area contributed by atoms with Gasteiger partial charge in [0.2, 0.25) is 0 Å². The lowest BCUT2D eigenvalue weighted by molar-refractivity contribution is 0.145. The van der Waals surface area contributed by atoms with Crippen LogP contribution in [0.15, 0.2) is 42.5 Å². The van der Waals surface area contributed by atoms with Crippen LogP contribution in [0.1, 0.15) is 35.6 Å². The van der Waals surface area contributed by atoms with Crippen LogP contribution in [-0.4, -0.2) is 42.5 Å². The summed E-state index contributed by atoms with van der Waals surface area (Å²) in [6.45, 7) is 2.03. The lowest BCUT2D eigenvalue weighted by Gasteiger charge is -2.39. The van der Waals surface area contributed by atoms with E-state index < -0.39 is 17.7 Å². The molecule has 2 heterocycles. The van der Waals surface area contributed by atoms with Gasteiger partial charge in [-0.25, -0.2) is 13.6 Å². The maximum Gasteiger partial charge on any atom is 0.320 e. The van der Waals surface area contributed by atoms with Crippen molar-refractivity contribution in [2.24, 2.45) is 5.73 Å². The molecule has 2 aliphatic heterocycles. The van der Waals surface area contributed by atoms with Crippen molar-refractivity contribution in [3.8, 4) is 0 Å². The van der Waals surface area contributed by atoms with E-state index in [1.54, 1.807) is 4.90 Å². The van der Waals surface area contributed by atoms with Gasteiger partial charge in [-0.05, 0) is 43.5 Å². The van der Waals surface area contributed by atoms with Crippen molar-refractivity contribution in [3.05, 3.63) is 70.8 Å². The molecule has 0 spiro atoms. The van der Waals surface area contributed by atoms with E-state index in [9.17, 15) is 13.6 Å². The summed E-state index contributed by atoms with van der Waals surface area (Å²) in [5, 5.41) is 0. The number of carbonyl (C=O) groups excluding carboxylic acids is 1. The summed E-state index contributed by atoms with van der Waals surface area (Å²) in [5.41, 5.74) is 6.88. The molecule has 0 radical (unpaired) electrons. The van der Waals surface area contributed by atoms with Crippen molar-refractivity contribution in [3.63, 3.8) is 0 Å². The van der Waals surface area contributed by atoms with Crippen LogP contribution in [0.5, 0.6) is 0 Å². The first-order chi connectivity index (χ1) is 13.1. The average Bonchev–Trinajstić information content (AvgIpc) is 3.23. The Morgan fingerprint density at radius 1 is 1.00 bits per heavy atom. The molecule has 2 aliphatic rings. The van der Waals surface area contributed by atoms with E-state index in [1.165, 1.54) is 19.2 Å². The molecule has 4 rings (SSSR count). The van der Waals surface area contributed by atoms with E-state index in [0.29, 0.717) is 12.1 Å². The standard InChI is InChI=1S/C20H20F2N2O.CH5N/c21-15-7-8-17(18(22)13-15)19-16-6-2-1-5-14(16)9-12-24(19)20(25)23-10-3-4-11-23;1-2/h1-2,5-8,13,19H,3-4,9-12H2;2H2,1H3. The molecule has 0 bridgehead atoms. The zero-order valence-corrected chi connectivity index (χ0v) is 15.5. The molecule has 1 atom stereocenters. The predicted molar refractivity (Wildman–Crippen MR) is 101 cm³/mol. The highest BCUT2D eigenvalue weighted by atomic mass is 19.1. The molecule has 6 heteroatoms. The molecule has 2 aromatic rings. The van der Waals surface area contributed by atoms with Gasteiger partial charge in [0.25, 0.3) is 0 Å². The van der Waals surface area contributed by atoms with Gasteiger partial charge < -0.3 is 15.5 Å². The third-order valence-electron chi connectivity index (χ3n) is 5.16. The fraction of sp³-hybridized carbons (Fsp3) is 0.381. The Labute approximate surface area is 158 Å². The van der Waals surface area contributed by atoms with Crippen LogP contribution in [0.25, 0.3) is 0 Å². The minimum Gasteiger partial charge on any atom is -0.333 e. The van der Waals surface area contributed by atoms with E-state index in [2.05, 4.69) is 5.73 Å². The van der Waals surface area contributed by atoms with Crippen LogP contribution in [0.2, 0.25) is 0 Å². The van der Waals surface area contributed by atoms with Gasteiger partial charge in [0.05, 0.1) is 6.04 Å². The molecule has 4 nitrogen and oxygen atoms in total. The number of nitrogens with zero attached hydrogens (tertiary/aromatic N) is 2.